The number of nitrogens with zero attached hydrogens (tertiary/aromatic N) is 2. The Morgan fingerprint density at radius 2 is 1.90 bits per heavy atom. The molecule has 0 amide bonds. The van der Waals surface area contributed by atoms with Gasteiger partial charge in [0, 0.05) is 36.7 Å². The minimum absolute atomic E-state index is 0.170. The van der Waals surface area contributed by atoms with Gasteiger partial charge in [-0.15, -0.1) is 0 Å². The van der Waals surface area contributed by atoms with Gasteiger partial charge in [-0.05, 0) is 66.8 Å². The third-order valence-corrected chi connectivity index (χ3v) is 6.25. The largest absolute Gasteiger partial charge is 0.345 e. The van der Waals surface area contributed by atoms with E-state index in [1.54, 1.807) is 12.3 Å². The van der Waals surface area contributed by atoms with E-state index in [0.29, 0.717) is 23.7 Å². The summed E-state index contributed by atoms with van der Waals surface area (Å²) in [6, 6.07) is 11.7. The van der Waals surface area contributed by atoms with E-state index in [9.17, 15) is 13.2 Å². The third-order valence-electron chi connectivity index (χ3n) is 4.52. The summed E-state index contributed by atoms with van der Waals surface area (Å²) in [5, 5.41) is 0.482. The number of rotatable bonds is 10. The number of sulfonamides is 1. The van der Waals surface area contributed by atoms with E-state index in [1.807, 2.05) is 29.1 Å². The molecule has 0 atom stereocenters. The molecule has 8 heteroatoms. The zero-order valence-corrected chi connectivity index (χ0v) is 17.4. The van der Waals surface area contributed by atoms with Gasteiger partial charge in [0.25, 0.3) is 0 Å². The molecular weight excluding hydrogens is 410 g/mol. The summed E-state index contributed by atoms with van der Waals surface area (Å²) >= 11 is 5.80. The average Bonchev–Trinajstić information content (AvgIpc) is 3.11. The van der Waals surface area contributed by atoms with Gasteiger partial charge in [0.05, 0.1) is 10.6 Å². The van der Waals surface area contributed by atoms with Gasteiger partial charge in [0.1, 0.15) is 0 Å². The van der Waals surface area contributed by atoms with Crippen LogP contribution in [0, 0.1) is 0 Å². The summed E-state index contributed by atoms with van der Waals surface area (Å²) in [5.74, 6) is 0. The van der Waals surface area contributed by atoms with E-state index < -0.39 is 10.0 Å². The zero-order chi connectivity index (χ0) is 20.7. The Hall–Kier alpha value is -2.48. The molecular formula is C21H22ClN3O3S. The summed E-state index contributed by atoms with van der Waals surface area (Å²) in [5.41, 5.74) is 2.66. The highest BCUT2D eigenvalue weighted by Crippen LogP contribution is 2.14. The molecule has 0 radical (unpaired) electrons. The number of halogens is 1. The first kappa shape index (κ1) is 21.2. The highest BCUT2D eigenvalue weighted by atomic mass is 35.5. The first-order valence-electron chi connectivity index (χ1n) is 9.26. The molecule has 0 bridgehead atoms. The minimum atomic E-state index is -3.59. The van der Waals surface area contributed by atoms with Crippen molar-refractivity contribution in [3.8, 4) is 0 Å². The molecule has 0 aliphatic heterocycles. The van der Waals surface area contributed by atoms with E-state index >= 15 is 0 Å². The third kappa shape index (κ3) is 6.00. The van der Waals surface area contributed by atoms with Crippen LogP contribution < -0.4 is 4.72 Å². The summed E-state index contributed by atoms with van der Waals surface area (Å²) in [6.07, 6.45) is 8.56. The van der Waals surface area contributed by atoms with Gasteiger partial charge in [-0.25, -0.2) is 13.1 Å². The molecule has 0 aliphatic carbocycles. The number of pyridine rings is 1. The van der Waals surface area contributed by atoms with Crippen LogP contribution in [0.5, 0.6) is 0 Å². The fourth-order valence-corrected chi connectivity index (χ4v) is 4.20. The number of aromatic nitrogens is 2. The Labute approximate surface area is 175 Å². The van der Waals surface area contributed by atoms with Gasteiger partial charge in [0.2, 0.25) is 10.0 Å². The van der Waals surface area contributed by atoms with Crippen LogP contribution in [0.25, 0.3) is 0 Å². The van der Waals surface area contributed by atoms with Crippen molar-refractivity contribution in [3.05, 3.63) is 82.9 Å². The van der Waals surface area contributed by atoms with Gasteiger partial charge in [0.15, 0.2) is 6.29 Å². The van der Waals surface area contributed by atoms with Crippen LogP contribution >= 0.6 is 11.6 Å². The van der Waals surface area contributed by atoms with Crippen molar-refractivity contribution in [2.45, 2.75) is 30.7 Å². The maximum atomic E-state index is 12.3. The average molecular weight is 432 g/mol. The molecule has 29 heavy (non-hydrogen) atoms. The van der Waals surface area contributed by atoms with Crippen LogP contribution in [-0.2, 0) is 29.4 Å². The Morgan fingerprint density at radius 1 is 1.10 bits per heavy atom. The zero-order valence-electron chi connectivity index (χ0n) is 15.8. The predicted molar refractivity (Wildman–Crippen MR) is 113 cm³/mol. The molecule has 0 unspecified atom stereocenters. The van der Waals surface area contributed by atoms with E-state index in [0.717, 1.165) is 30.3 Å². The quantitative estimate of drug-likeness (QED) is 0.498. The van der Waals surface area contributed by atoms with Crippen LogP contribution in [0.1, 0.15) is 28.0 Å². The van der Waals surface area contributed by atoms with Gasteiger partial charge in [-0.1, -0.05) is 17.7 Å². The lowest BCUT2D eigenvalue weighted by molar-refractivity contribution is 0.111. The number of aryl methyl sites for hydroxylation is 2. The molecule has 1 N–H and O–H groups in total. The molecule has 0 aliphatic rings. The van der Waals surface area contributed by atoms with Gasteiger partial charge in [-0.2, -0.15) is 0 Å². The van der Waals surface area contributed by atoms with Crippen molar-refractivity contribution < 1.29 is 13.2 Å². The van der Waals surface area contributed by atoms with Gasteiger partial charge < -0.3 is 4.57 Å². The molecule has 2 heterocycles. The predicted octanol–water partition coefficient (Wildman–Crippen LogP) is 3.50. The second-order valence-corrected chi connectivity index (χ2v) is 8.85. The standard InChI is InChI=1S/C21H22ClN3O3S/c22-19-5-7-21(8-6-19)29(27,28)24-11-9-18-13-20(16-26)25(15-18)12-2-4-17-3-1-10-23-14-17/h1,3,5-8,10,13-16,24H,2,4,9,11-12H2. The molecule has 152 valence electrons. The number of nitrogens with one attached hydrogen (secondary N) is 1. The van der Waals surface area contributed by atoms with Crippen LogP contribution in [0.3, 0.4) is 0 Å². The fourth-order valence-electron chi connectivity index (χ4n) is 3.04. The second kappa shape index (κ2) is 9.82. The van der Waals surface area contributed by atoms with E-state index in [4.69, 9.17) is 11.6 Å². The van der Waals surface area contributed by atoms with Crippen LogP contribution in [-0.4, -0.2) is 30.8 Å². The van der Waals surface area contributed by atoms with Crippen molar-refractivity contribution in [1.82, 2.24) is 14.3 Å². The Bertz CT molecular complexity index is 1050. The molecule has 6 nitrogen and oxygen atoms in total. The summed E-state index contributed by atoms with van der Waals surface area (Å²) in [6.45, 7) is 0.947. The lowest BCUT2D eigenvalue weighted by atomic mass is 10.1. The number of carbonyl (C=O) groups excluding carboxylic acids is 1. The van der Waals surface area contributed by atoms with E-state index in [1.165, 1.54) is 24.3 Å². The number of hydrogen-bond donors (Lipinski definition) is 1. The smallest absolute Gasteiger partial charge is 0.240 e. The summed E-state index contributed by atoms with van der Waals surface area (Å²) < 4.78 is 29.1. The van der Waals surface area contributed by atoms with E-state index in [2.05, 4.69) is 9.71 Å². The van der Waals surface area contributed by atoms with Gasteiger partial charge >= 0.3 is 0 Å². The monoisotopic (exact) mass is 431 g/mol. The molecule has 0 saturated carbocycles. The van der Waals surface area contributed by atoms with E-state index in [-0.39, 0.29) is 11.4 Å². The first-order valence-corrected chi connectivity index (χ1v) is 11.1. The number of benzene rings is 1. The van der Waals surface area contributed by atoms with Crippen LogP contribution in [0.4, 0.5) is 0 Å². The summed E-state index contributed by atoms with van der Waals surface area (Å²) in [4.78, 5) is 15.6. The van der Waals surface area contributed by atoms with Crippen molar-refractivity contribution in [2.75, 3.05) is 6.54 Å². The number of aldehydes is 1. The maximum Gasteiger partial charge on any atom is 0.240 e. The fraction of sp³-hybridized carbons (Fsp3) is 0.238. The highest BCUT2D eigenvalue weighted by molar-refractivity contribution is 7.89. The number of hydrogen-bond acceptors (Lipinski definition) is 4. The SMILES string of the molecule is O=Cc1cc(CCNS(=O)(=O)c2ccc(Cl)cc2)cn1CCCc1cccnc1. The van der Waals surface area contributed by atoms with Crippen molar-refractivity contribution in [3.63, 3.8) is 0 Å². The molecule has 3 rings (SSSR count). The minimum Gasteiger partial charge on any atom is -0.345 e. The normalized spacial score (nSPS) is 11.5. The molecule has 2 aromatic heterocycles. The molecule has 0 spiro atoms. The van der Waals surface area contributed by atoms with Crippen molar-refractivity contribution in [2.24, 2.45) is 0 Å². The molecule has 0 saturated heterocycles. The molecule has 3 aromatic rings. The lowest BCUT2D eigenvalue weighted by Crippen LogP contribution is -2.25. The first-order chi connectivity index (χ1) is 14.0. The number of carbonyl (C=O) groups is 1. The van der Waals surface area contributed by atoms with Crippen LogP contribution in [0.15, 0.2) is 66.0 Å². The van der Waals surface area contributed by atoms with Crippen molar-refractivity contribution in [1.29, 1.82) is 0 Å². The Balaban J connectivity index is 1.54. The Morgan fingerprint density at radius 3 is 2.59 bits per heavy atom. The maximum absolute atomic E-state index is 12.3. The molecule has 1 aromatic carbocycles. The summed E-state index contributed by atoms with van der Waals surface area (Å²) in [7, 11) is -3.59. The second-order valence-electron chi connectivity index (χ2n) is 6.65. The van der Waals surface area contributed by atoms with Crippen molar-refractivity contribution >= 4 is 27.9 Å². The topological polar surface area (TPSA) is 81.1 Å². The lowest BCUT2D eigenvalue weighted by Gasteiger charge is -2.06. The van der Waals surface area contributed by atoms with Gasteiger partial charge in [-0.3, -0.25) is 9.78 Å². The Kier molecular flexibility index (Phi) is 7.19. The van der Waals surface area contributed by atoms with Crippen LogP contribution in [0.2, 0.25) is 5.02 Å². The molecule has 0 fully saturated rings. The highest BCUT2D eigenvalue weighted by Gasteiger charge is 2.13.